The second-order valence-electron chi connectivity index (χ2n) is 7.17. The zero-order valence-electron chi connectivity index (χ0n) is 16.7. The number of aromatic nitrogens is 1. The standard InChI is InChI=1S/C22H25Cl2N3O.2ClH/c23-19-6-5-17(21(24)13-19)15-27-16-18(20-3-1-2-4-22(20)27)14-25-7-8-26-9-11-28-12-10-26;;/h1-6,13,16,25H,7-12,14-15H2;2*1H. The van der Waals surface area contributed by atoms with Gasteiger partial charge in [0, 0.05) is 66.4 Å². The molecule has 4 nitrogen and oxygen atoms in total. The molecule has 2 heterocycles. The van der Waals surface area contributed by atoms with Crippen LogP contribution in [0.3, 0.4) is 0 Å². The molecule has 1 fully saturated rings. The zero-order valence-corrected chi connectivity index (χ0v) is 19.8. The topological polar surface area (TPSA) is 29.4 Å². The summed E-state index contributed by atoms with van der Waals surface area (Å²) in [4.78, 5) is 2.45. The normalized spacial score (nSPS) is 14.3. The first-order chi connectivity index (χ1) is 13.7. The quantitative estimate of drug-likeness (QED) is 0.458. The number of para-hydroxylation sites is 1. The molecule has 2 aromatic carbocycles. The number of morpholine rings is 1. The highest BCUT2D eigenvalue weighted by atomic mass is 35.5. The lowest BCUT2D eigenvalue weighted by Crippen LogP contribution is -2.40. The highest BCUT2D eigenvalue weighted by Crippen LogP contribution is 2.26. The molecule has 164 valence electrons. The van der Waals surface area contributed by atoms with Gasteiger partial charge in [0.15, 0.2) is 0 Å². The molecule has 1 N–H and O–H groups in total. The SMILES string of the molecule is Cl.Cl.Clc1ccc(Cn2cc(CNCCN3CCOCC3)c3ccccc32)c(Cl)c1. The van der Waals surface area contributed by atoms with Gasteiger partial charge in [0.05, 0.1) is 13.2 Å². The third-order valence-electron chi connectivity index (χ3n) is 5.25. The lowest BCUT2D eigenvalue weighted by molar-refractivity contribution is 0.0384. The van der Waals surface area contributed by atoms with E-state index in [9.17, 15) is 0 Å². The molecule has 0 radical (unpaired) electrons. The molecule has 0 aliphatic carbocycles. The summed E-state index contributed by atoms with van der Waals surface area (Å²) in [7, 11) is 0. The lowest BCUT2D eigenvalue weighted by atomic mass is 10.2. The number of ether oxygens (including phenoxy) is 1. The third kappa shape index (κ3) is 6.27. The molecule has 0 unspecified atom stereocenters. The average molecular weight is 491 g/mol. The summed E-state index contributed by atoms with van der Waals surface area (Å²) in [6.45, 7) is 7.37. The first-order valence-corrected chi connectivity index (χ1v) is 10.5. The van der Waals surface area contributed by atoms with Crippen LogP contribution in [0.15, 0.2) is 48.7 Å². The van der Waals surface area contributed by atoms with E-state index in [1.807, 2.05) is 12.1 Å². The van der Waals surface area contributed by atoms with Crippen molar-refractivity contribution in [2.75, 3.05) is 39.4 Å². The largest absolute Gasteiger partial charge is 0.379 e. The minimum absolute atomic E-state index is 0. The monoisotopic (exact) mass is 489 g/mol. The third-order valence-corrected chi connectivity index (χ3v) is 5.84. The maximum atomic E-state index is 6.39. The fourth-order valence-corrected chi connectivity index (χ4v) is 4.18. The van der Waals surface area contributed by atoms with Gasteiger partial charge in [-0.05, 0) is 29.3 Å². The Kier molecular flexibility index (Phi) is 10.2. The first-order valence-electron chi connectivity index (χ1n) is 9.72. The highest BCUT2D eigenvalue weighted by molar-refractivity contribution is 6.35. The number of hydrogen-bond donors (Lipinski definition) is 1. The van der Waals surface area contributed by atoms with Gasteiger partial charge in [-0.15, -0.1) is 24.8 Å². The van der Waals surface area contributed by atoms with E-state index >= 15 is 0 Å². The summed E-state index contributed by atoms with van der Waals surface area (Å²) in [6.07, 6.45) is 2.23. The molecule has 0 spiro atoms. The van der Waals surface area contributed by atoms with Gasteiger partial charge in [-0.25, -0.2) is 0 Å². The Balaban J connectivity index is 0.00000160. The smallest absolute Gasteiger partial charge is 0.0594 e. The van der Waals surface area contributed by atoms with Gasteiger partial charge in [-0.3, -0.25) is 4.90 Å². The number of nitrogens with one attached hydrogen (secondary N) is 1. The van der Waals surface area contributed by atoms with E-state index in [4.69, 9.17) is 27.9 Å². The molecule has 4 rings (SSSR count). The van der Waals surface area contributed by atoms with Crippen molar-refractivity contribution in [1.29, 1.82) is 0 Å². The molecule has 30 heavy (non-hydrogen) atoms. The van der Waals surface area contributed by atoms with E-state index in [-0.39, 0.29) is 24.8 Å². The molecule has 1 aliphatic rings. The van der Waals surface area contributed by atoms with Crippen LogP contribution in [0, 0.1) is 0 Å². The van der Waals surface area contributed by atoms with Crippen LogP contribution in [-0.2, 0) is 17.8 Å². The van der Waals surface area contributed by atoms with E-state index in [0.717, 1.165) is 58.0 Å². The summed E-state index contributed by atoms with van der Waals surface area (Å²) in [6, 6.07) is 14.2. The van der Waals surface area contributed by atoms with Crippen LogP contribution in [0.25, 0.3) is 10.9 Å². The van der Waals surface area contributed by atoms with Crippen LogP contribution in [0.1, 0.15) is 11.1 Å². The zero-order chi connectivity index (χ0) is 19.3. The molecule has 3 aromatic rings. The Morgan fingerprint density at radius 1 is 0.967 bits per heavy atom. The highest BCUT2D eigenvalue weighted by Gasteiger charge is 2.12. The fraction of sp³-hybridized carbons (Fsp3) is 0.364. The fourth-order valence-electron chi connectivity index (χ4n) is 3.71. The Morgan fingerprint density at radius 3 is 2.50 bits per heavy atom. The Labute approximate surface area is 200 Å². The molecule has 0 amide bonds. The van der Waals surface area contributed by atoms with Crippen molar-refractivity contribution < 1.29 is 4.74 Å². The van der Waals surface area contributed by atoms with Crippen molar-refractivity contribution in [3.8, 4) is 0 Å². The van der Waals surface area contributed by atoms with Gasteiger partial charge in [-0.2, -0.15) is 0 Å². The predicted octanol–water partition coefficient (Wildman–Crippen LogP) is 5.26. The lowest BCUT2D eigenvalue weighted by Gasteiger charge is -2.26. The molecular weight excluding hydrogens is 464 g/mol. The van der Waals surface area contributed by atoms with Crippen molar-refractivity contribution in [2.45, 2.75) is 13.1 Å². The van der Waals surface area contributed by atoms with Crippen molar-refractivity contribution >= 4 is 58.9 Å². The van der Waals surface area contributed by atoms with Gasteiger partial charge >= 0.3 is 0 Å². The van der Waals surface area contributed by atoms with Crippen molar-refractivity contribution in [3.63, 3.8) is 0 Å². The van der Waals surface area contributed by atoms with Crippen molar-refractivity contribution in [3.05, 3.63) is 69.8 Å². The molecule has 1 saturated heterocycles. The van der Waals surface area contributed by atoms with E-state index < -0.39 is 0 Å². The van der Waals surface area contributed by atoms with E-state index in [1.165, 1.54) is 16.5 Å². The Morgan fingerprint density at radius 2 is 1.73 bits per heavy atom. The van der Waals surface area contributed by atoms with Gasteiger partial charge in [-0.1, -0.05) is 47.5 Å². The minimum atomic E-state index is 0. The Hall–Kier alpha value is -0.980. The average Bonchev–Trinajstić information content (AvgIpc) is 3.06. The van der Waals surface area contributed by atoms with Gasteiger partial charge < -0.3 is 14.6 Å². The maximum Gasteiger partial charge on any atom is 0.0594 e. The van der Waals surface area contributed by atoms with Gasteiger partial charge in [0.2, 0.25) is 0 Å². The summed E-state index contributed by atoms with van der Waals surface area (Å²) >= 11 is 12.4. The van der Waals surface area contributed by atoms with Crippen LogP contribution in [-0.4, -0.2) is 48.9 Å². The number of benzene rings is 2. The number of hydrogen-bond acceptors (Lipinski definition) is 3. The second-order valence-corrected chi connectivity index (χ2v) is 8.01. The molecule has 0 saturated carbocycles. The number of rotatable bonds is 7. The summed E-state index contributed by atoms with van der Waals surface area (Å²) in [5, 5.41) is 6.25. The van der Waals surface area contributed by atoms with E-state index in [2.05, 4.69) is 45.2 Å². The maximum absolute atomic E-state index is 6.39. The first kappa shape index (κ1) is 25.3. The van der Waals surface area contributed by atoms with Crippen LogP contribution in [0.5, 0.6) is 0 Å². The minimum Gasteiger partial charge on any atom is -0.379 e. The van der Waals surface area contributed by atoms with Crippen LogP contribution < -0.4 is 5.32 Å². The molecule has 8 heteroatoms. The molecule has 1 aromatic heterocycles. The number of nitrogens with zero attached hydrogens (tertiary/aromatic N) is 2. The van der Waals surface area contributed by atoms with Crippen LogP contribution in [0.4, 0.5) is 0 Å². The summed E-state index contributed by atoms with van der Waals surface area (Å²) in [5.41, 5.74) is 3.60. The predicted molar refractivity (Wildman–Crippen MR) is 131 cm³/mol. The Bertz CT molecular complexity index is 941. The second kappa shape index (κ2) is 12.2. The summed E-state index contributed by atoms with van der Waals surface area (Å²) < 4.78 is 7.68. The number of halogens is 4. The van der Waals surface area contributed by atoms with E-state index in [0.29, 0.717) is 10.0 Å². The van der Waals surface area contributed by atoms with E-state index in [1.54, 1.807) is 6.07 Å². The number of fused-ring (bicyclic) bond motifs is 1. The van der Waals surface area contributed by atoms with Gasteiger partial charge in [0.25, 0.3) is 0 Å². The molecule has 1 aliphatic heterocycles. The van der Waals surface area contributed by atoms with Gasteiger partial charge in [0.1, 0.15) is 0 Å². The molecule has 0 bridgehead atoms. The van der Waals surface area contributed by atoms with Crippen molar-refractivity contribution in [2.24, 2.45) is 0 Å². The van der Waals surface area contributed by atoms with Crippen LogP contribution >= 0.6 is 48.0 Å². The molecular formula is C22H27Cl4N3O. The van der Waals surface area contributed by atoms with Crippen molar-refractivity contribution in [1.82, 2.24) is 14.8 Å². The van der Waals surface area contributed by atoms with Crippen LogP contribution in [0.2, 0.25) is 10.0 Å². The molecule has 0 atom stereocenters. The summed E-state index contributed by atoms with van der Waals surface area (Å²) in [5.74, 6) is 0.